The van der Waals surface area contributed by atoms with Gasteiger partial charge < -0.3 is 10.2 Å². The summed E-state index contributed by atoms with van der Waals surface area (Å²) in [6.45, 7) is 10.8. The van der Waals surface area contributed by atoms with Crippen molar-refractivity contribution in [2.45, 2.75) is 46.6 Å². The zero-order valence-electron chi connectivity index (χ0n) is 13.5. The lowest BCUT2D eigenvalue weighted by Crippen LogP contribution is -2.36. The highest BCUT2D eigenvalue weighted by molar-refractivity contribution is 6.33. The number of hydrogen-bond acceptors (Lipinski definition) is 3. The maximum atomic E-state index is 6.44. The van der Waals surface area contributed by atoms with Crippen molar-refractivity contribution < 1.29 is 0 Å². The molecule has 1 fully saturated rings. The van der Waals surface area contributed by atoms with E-state index in [1.807, 2.05) is 6.20 Å². The molecule has 2 heterocycles. The van der Waals surface area contributed by atoms with E-state index in [1.165, 1.54) is 12.8 Å². The fraction of sp³-hybridized carbons (Fsp3) is 0.706. The fourth-order valence-electron chi connectivity index (χ4n) is 2.99. The van der Waals surface area contributed by atoms with E-state index in [0.717, 1.165) is 60.8 Å². The first-order valence-corrected chi connectivity index (χ1v) is 8.59. The van der Waals surface area contributed by atoms with E-state index in [4.69, 9.17) is 11.6 Å². The van der Waals surface area contributed by atoms with Crippen LogP contribution in [0, 0.1) is 11.8 Å². The number of pyridine rings is 1. The van der Waals surface area contributed by atoms with Crippen LogP contribution < -0.4 is 10.2 Å². The molecule has 1 aromatic rings. The highest BCUT2D eigenvalue weighted by Gasteiger charge is 2.23. The van der Waals surface area contributed by atoms with E-state index in [2.05, 4.69) is 42.0 Å². The first-order valence-electron chi connectivity index (χ1n) is 8.22. The van der Waals surface area contributed by atoms with E-state index < -0.39 is 0 Å². The number of nitrogens with zero attached hydrogens (tertiary/aromatic N) is 2. The third-order valence-corrected chi connectivity index (χ3v) is 4.69. The summed E-state index contributed by atoms with van der Waals surface area (Å²) in [5.74, 6) is 2.58. The van der Waals surface area contributed by atoms with Crippen molar-refractivity contribution in [3.8, 4) is 0 Å². The van der Waals surface area contributed by atoms with E-state index >= 15 is 0 Å². The van der Waals surface area contributed by atoms with Crippen LogP contribution in [-0.4, -0.2) is 24.6 Å². The van der Waals surface area contributed by atoms with Crippen molar-refractivity contribution in [1.82, 2.24) is 10.3 Å². The SMILES string of the molecule is CCCNCc1cnc(N2CCC(C(C)C)CC2)c(Cl)c1. The second kappa shape index (κ2) is 8.00. The van der Waals surface area contributed by atoms with Crippen LogP contribution in [0.25, 0.3) is 0 Å². The number of aromatic nitrogens is 1. The molecule has 21 heavy (non-hydrogen) atoms. The Balaban J connectivity index is 1.95. The Hall–Kier alpha value is -0.800. The predicted molar refractivity (Wildman–Crippen MR) is 91.0 cm³/mol. The molecule has 0 aliphatic carbocycles. The van der Waals surface area contributed by atoms with E-state index in [1.54, 1.807) is 0 Å². The van der Waals surface area contributed by atoms with Crippen molar-refractivity contribution in [2.75, 3.05) is 24.5 Å². The Morgan fingerprint density at radius 1 is 1.38 bits per heavy atom. The summed E-state index contributed by atoms with van der Waals surface area (Å²) in [6, 6.07) is 2.06. The zero-order chi connectivity index (χ0) is 15.2. The Morgan fingerprint density at radius 2 is 2.10 bits per heavy atom. The third kappa shape index (κ3) is 4.58. The first-order chi connectivity index (χ1) is 10.1. The second-order valence-electron chi connectivity index (χ2n) is 6.39. The van der Waals surface area contributed by atoms with Gasteiger partial charge in [0.15, 0.2) is 0 Å². The molecule has 1 aromatic heterocycles. The van der Waals surface area contributed by atoms with Gasteiger partial charge in [-0.3, -0.25) is 0 Å². The Bertz CT molecular complexity index is 440. The van der Waals surface area contributed by atoms with Gasteiger partial charge in [0, 0.05) is 25.8 Å². The van der Waals surface area contributed by atoms with Crippen LogP contribution >= 0.6 is 11.6 Å². The molecule has 4 heteroatoms. The van der Waals surface area contributed by atoms with Crippen LogP contribution in [-0.2, 0) is 6.54 Å². The average Bonchev–Trinajstić information content (AvgIpc) is 2.48. The smallest absolute Gasteiger partial charge is 0.147 e. The third-order valence-electron chi connectivity index (χ3n) is 4.42. The first kappa shape index (κ1) is 16.6. The van der Waals surface area contributed by atoms with Gasteiger partial charge in [0.2, 0.25) is 0 Å². The van der Waals surface area contributed by atoms with Crippen LogP contribution in [0.2, 0.25) is 5.02 Å². The van der Waals surface area contributed by atoms with Gasteiger partial charge in [0.25, 0.3) is 0 Å². The minimum atomic E-state index is 0.780. The molecule has 1 N–H and O–H groups in total. The van der Waals surface area contributed by atoms with Gasteiger partial charge in [-0.2, -0.15) is 0 Å². The number of nitrogens with one attached hydrogen (secondary N) is 1. The summed E-state index contributed by atoms with van der Waals surface area (Å²) in [7, 11) is 0. The highest BCUT2D eigenvalue weighted by Crippen LogP contribution is 2.30. The summed E-state index contributed by atoms with van der Waals surface area (Å²) in [4.78, 5) is 6.94. The monoisotopic (exact) mass is 309 g/mol. The van der Waals surface area contributed by atoms with Crippen molar-refractivity contribution in [3.63, 3.8) is 0 Å². The Kier molecular flexibility index (Phi) is 6.31. The van der Waals surface area contributed by atoms with Crippen LogP contribution in [0.1, 0.15) is 45.6 Å². The van der Waals surface area contributed by atoms with E-state index in [9.17, 15) is 0 Å². The molecular formula is C17H28ClN3. The molecule has 1 saturated heterocycles. The van der Waals surface area contributed by atoms with E-state index in [0.29, 0.717) is 0 Å². The maximum Gasteiger partial charge on any atom is 0.147 e. The van der Waals surface area contributed by atoms with Crippen LogP contribution in [0.4, 0.5) is 5.82 Å². The molecule has 0 unspecified atom stereocenters. The largest absolute Gasteiger partial charge is 0.355 e. The number of halogens is 1. The molecule has 0 radical (unpaired) electrons. The van der Waals surface area contributed by atoms with Gasteiger partial charge in [-0.05, 0) is 49.3 Å². The van der Waals surface area contributed by atoms with Gasteiger partial charge >= 0.3 is 0 Å². The van der Waals surface area contributed by atoms with Crippen LogP contribution in [0.3, 0.4) is 0 Å². The molecule has 0 bridgehead atoms. The molecule has 0 spiro atoms. The van der Waals surface area contributed by atoms with Gasteiger partial charge in [-0.25, -0.2) is 4.98 Å². The summed E-state index contributed by atoms with van der Waals surface area (Å²) >= 11 is 6.44. The molecule has 2 rings (SSSR count). The molecule has 0 atom stereocenters. The van der Waals surface area contributed by atoms with Gasteiger partial charge in [-0.15, -0.1) is 0 Å². The van der Waals surface area contributed by atoms with Crippen LogP contribution in [0.5, 0.6) is 0 Å². The number of piperidine rings is 1. The van der Waals surface area contributed by atoms with Gasteiger partial charge in [-0.1, -0.05) is 32.4 Å². The standard InChI is InChI=1S/C17H28ClN3/c1-4-7-19-11-14-10-16(18)17(20-12-14)21-8-5-15(6-9-21)13(2)3/h10,12-13,15,19H,4-9,11H2,1-3H3. The fourth-order valence-corrected chi connectivity index (χ4v) is 3.30. The van der Waals surface area contributed by atoms with Crippen molar-refractivity contribution in [2.24, 2.45) is 11.8 Å². The molecule has 1 aliphatic heterocycles. The van der Waals surface area contributed by atoms with Crippen molar-refractivity contribution >= 4 is 17.4 Å². The zero-order valence-corrected chi connectivity index (χ0v) is 14.3. The molecule has 0 saturated carbocycles. The summed E-state index contributed by atoms with van der Waals surface area (Å²) < 4.78 is 0. The van der Waals surface area contributed by atoms with Gasteiger partial charge in [0.1, 0.15) is 5.82 Å². The molecule has 3 nitrogen and oxygen atoms in total. The normalized spacial score (nSPS) is 16.7. The molecular weight excluding hydrogens is 282 g/mol. The summed E-state index contributed by atoms with van der Waals surface area (Å²) in [5, 5.41) is 4.17. The van der Waals surface area contributed by atoms with Gasteiger partial charge in [0.05, 0.1) is 5.02 Å². The summed E-state index contributed by atoms with van der Waals surface area (Å²) in [6.07, 6.45) is 5.59. The Morgan fingerprint density at radius 3 is 2.67 bits per heavy atom. The second-order valence-corrected chi connectivity index (χ2v) is 6.80. The maximum absolute atomic E-state index is 6.44. The lowest BCUT2D eigenvalue weighted by atomic mass is 9.87. The Labute approximate surface area is 134 Å². The number of anilines is 1. The molecule has 0 amide bonds. The average molecular weight is 310 g/mol. The molecule has 1 aliphatic rings. The minimum absolute atomic E-state index is 0.780. The minimum Gasteiger partial charge on any atom is -0.355 e. The highest BCUT2D eigenvalue weighted by atomic mass is 35.5. The van der Waals surface area contributed by atoms with E-state index in [-0.39, 0.29) is 0 Å². The topological polar surface area (TPSA) is 28.2 Å². The predicted octanol–water partition coefficient (Wildman–Crippen LogP) is 4.11. The number of hydrogen-bond donors (Lipinski definition) is 1. The van der Waals surface area contributed by atoms with Crippen molar-refractivity contribution in [3.05, 3.63) is 22.8 Å². The quantitative estimate of drug-likeness (QED) is 0.802. The molecule has 118 valence electrons. The number of rotatable bonds is 6. The lowest BCUT2D eigenvalue weighted by Gasteiger charge is -2.35. The molecule has 0 aromatic carbocycles. The lowest BCUT2D eigenvalue weighted by molar-refractivity contribution is 0.310. The van der Waals surface area contributed by atoms with Crippen molar-refractivity contribution in [1.29, 1.82) is 0 Å². The summed E-state index contributed by atoms with van der Waals surface area (Å²) in [5.41, 5.74) is 1.16. The van der Waals surface area contributed by atoms with Crippen LogP contribution in [0.15, 0.2) is 12.3 Å².